The molecule has 1 aromatic rings. The van der Waals surface area contributed by atoms with Crippen LogP contribution in [0.1, 0.15) is 39.3 Å². The van der Waals surface area contributed by atoms with Crippen LogP contribution in [-0.2, 0) is 10.4 Å². The SMILES string of the molecule is CC(C)(C)OC(=O)N1CCC(F)(c2ncc(Br)cc2Cl)CC1. The van der Waals surface area contributed by atoms with Crippen LogP contribution in [0.5, 0.6) is 0 Å². The number of carbonyl (C=O) groups excluding carboxylic acids is 1. The van der Waals surface area contributed by atoms with Gasteiger partial charge in [0.2, 0.25) is 0 Å². The minimum Gasteiger partial charge on any atom is -0.444 e. The van der Waals surface area contributed by atoms with E-state index in [2.05, 4.69) is 20.9 Å². The lowest BCUT2D eigenvalue weighted by molar-refractivity contribution is 0.00129. The number of likely N-dealkylation sites (tertiary alicyclic amines) is 1. The molecule has 4 nitrogen and oxygen atoms in total. The molecule has 1 aromatic heterocycles. The zero-order valence-corrected chi connectivity index (χ0v) is 15.2. The summed E-state index contributed by atoms with van der Waals surface area (Å²) in [6, 6.07) is 1.63. The van der Waals surface area contributed by atoms with Crippen LogP contribution >= 0.6 is 27.5 Å². The van der Waals surface area contributed by atoms with Gasteiger partial charge in [0.25, 0.3) is 0 Å². The van der Waals surface area contributed by atoms with Gasteiger partial charge in [0.05, 0.1) is 10.7 Å². The van der Waals surface area contributed by atoms with Gasteiger partial charge in [0.15, 0.2) is 5.67 Å². The number of piperidine rings is 1. The molecule has 0 radical (unpaired) electrons. The monoisotopic (exact) mass is 392 g/mol. The predicted octanol–water partition coefficient (Wildman–Crippen LogP) is 4.69. The van der Waals surface area contributed by atoms with Crippen molar-refractivity contribution >= 4 is 33.6 Å². The predicted molar refractivity (Wildman–Crippen MR) is 86.8 cm³/mol. The lowest BCUT2D eigenvalue weighted by atomic mass is 9.89. The maximum Gasteiger partial charge on any atom is 0.410 e. The number of ether oxygens (including phenoxy) is 1. The first-order valence-corrected chi connectivity index (χ1v) is 8.26. The Labute approximate surface area is 143 Å². The quantitative estimate of drug-likeness (QED) is 0.695. The summed E-state index contributed by atoms with van der Waals surface area (Å²) in [6.07, 6.45) is 1.42. The van der Waals surface area contributed by atoms with Gasteiger partial charge in [-0.2, -0.15) is 0 Å². The van der Waals surface area contributed by atoms with Crippen LogP contribution in [0.15, 0.2) is 16.7 Å². The Kier molecular flexibility index (Phi) is 5.02. The first-order chi connectivity index (χ1) is 10.1. The second kappa shape index (κ2) is 6.32. The number of hydrogen-bond donors (Lipinski definition) is 0. The zero-order valence-electron chi connectivity index (χ0n) is 12.8. The Bertz CT molecular complexity index is 569. The van der Waals surface area contributed by atoms with Crippen molar-refractivity contribution in [1.29, 1.82) is 0 Å². The van der Waals surface area contributed by atoms with Gasteiger partial charge in [0, 0.05) is 36.6 Å². The van der Waals surface area contributed by atoms with Crippen molar-refractivity contribution in [1.82, 2.24) is 9.88 Å². The van der Waals surface area contributed by atoms with Crippen LogP contribution in [0.3, 0.4) is 0 Å². The lowest BCUT2D eigenvalue weighted by Gasteiger charge is -2.37. The fourth-order valence-corrected chi connectivity index (χ4v) is 3.15. The molecule has 22 heavy (non-hydrogen) atoms. The van der Waals surface area contributed by atoms with Crippen LogP contribution in [0.4, 0.5) is 9.18 Å². The van der Waals surface area contributed by atoms with Crippen LogP contribution in [0.2, 0.25) is 5.02 Å². The largest absolute Gasteiger partial charge is 0.444 e. The van der Waals surface area contributed by atoms with Gasteiger partial charge >= 0.3 is 6.09 Å². The summed E-state index contributed by atoms with van der Waals surface area (Å²) in [4.78, 5) is 17.6. The number of pyridine rings is 1. The minimum atomic E-state index is -1.61. The molecule has 2 heterocycles. The smallest absolute Gasteiger partial charge is 0.410 e. The maximum absolute atomic E-state index is 15.1. The van der Waals surface area contributed by atoms with Gasteiger partial charge in [-0.15, -0.1) is 0 Å². The summed E-state index contributed by atoms with van der Waals surface area (Å²) in [5, 5.41) is 0.294. The van der Waals surface area contributed by atoms with Gasteiger partial charge in [-0.3, -0.25) is 4.98 Å². The van der Waals surface area contributed by atoms with E-state index in [9.17, 15) is 4.79 Å². The van der Waals surface area contributed by atoms with Crippen molar-refractivity contribution < 1.29 is 13.9 Å². The summed E-state index contributed by atoms with van der Waals surface area (Å²) in [5.74, 6) is 0. The van der Waals surface area contributed by atoms with E-state index in [0.29, 0.717) is 9.50 Å². The molecular formula is C15H19BrClFN2O2. The van der Waals surface area contributed by atoms with Gasteiger partial charge in [-0.25, -0.2) is 9.18 Å². The van der Waals surface area contributed by atoms with E-state index in [1.54, 1.807) is 26.8 Å². The molecule has 0 N–H and O–H groups in total. The molecular weight excluding hydrogens is 375 g/mol. The Balaban J connectivity index is 2.06. The van der Waals surface area contributed by atoms with E-state index in [-0.39, 0.29) is 31.6 Å². The van der Waals surface area contributed by atoms with Gasteiger partial charge in [0.1, 0.15) is 5.60 Å². The molecule has 0 aliphatic carbocycles. The molecule has 1 amide bonds. The van der Waals surface area contributed by atoms with Crippen molar-refractivity contribution in [3.05, 3.63) is 27.5 Å². The maximum atomic E-state index is 15.1. The van der Waals surface area contributed by atoms with Gasteiger partial charge in [-0.1, -0.05) is 11.6 Å². The highest BCUT2D eigenvalue weighted by Gasteiger charge is 2.41. The summed E-state index contributed by atoms with van der Waals surface area (Å²) in [6.45, 7) is 5.97. The number of rotatable bonds is 1. The molecule has 0 saturated carbocycles. The molecule has 1 fully saturated rings. The number of carbonyl (C=O) groups is 1. The summed E-state index contributed by atoms with van der Waals surface area (Å²) < 4.78 is 21.1. The molecule has 0 unspecified atom stereocenters. The normalized spacial score (nSPS) is 18.2. The first kappa shape index (κ1) is 17.5. The molecule has 7 heteroatoms. The number of amides is 1. The highest BCUT2D eigenvalue weighted by molar-refractivity contribution is 9.10. The molecule has 2 rings (SSSR count). The second-order valence-electron chi connectivity index (χ2n) is 6.42. The van der Waals surface area contributed by atoms with Crippen LogP contribution in [0, 0.1) is 0 Å². The molecule has 0 spiro atoms. The molecule has 0 aromatic carbocycles. The van der Waals surface area contributed by atoms with E-state index < -0.39 is 17.4 Å². The third kappa shape index (κ3) is 4.10. The molecule has 1 aliphatic rings. The lowest BCUT2D eigenvalue weighted by Crippen LogP contribution is -2.45. The summed E-state index contributed by atoms with van der Waals surface area (Å²) >= 11 is 9.36. The fourth-order valence-electron chi connectivity index (χ4n) is 2.35. The zero-order chi connectivity index (χ0) is 16.5. The van der Waals surface area contributed by atoms with Gasteiger partial charge < -0.3 is 9.64 Å². The van der Waals surface area contributed by atoms with Gasteiger partial charge in [-0.05, 0) is 42.8 Å². The van der Waals surface area contributed by atoms with E-state index in [0.717, 1.165) is 0 Å². The van der Waals surface area contributed by atoms with Crippen molar-refractivity contribution in [3.63, 3.8) is 0 Å². The molecule has 122 valence electrons. The molecule has 1 saturated heterocycles. The number of halogens is 3. The Morgan fingerprint density at radius 2 is 2.05 bits per heavy atom. The van der Waals surface area contributed by atoms with Crippen molar-refractivity contribution in [2.24, 2.45) is 0 Å². The average Bonchev–Trinajstić information content (AvgIpc) is 2.36. The topological polar surface area (TPSA) is 42.4 Å². The van der Waals surface area contributed by atoms with E-state index >= 15 is 4.39 Å². The third-order valence-corrected chi connectivity index (χ3v) is 4.16. The highest BCUT2D eigenvalue weighted by Crippen LogP contribution is 2.40. The third-order valence-electron chi connectivity index (χ3n) is 3.44. The standard InChI is InChI=1S/C15H19BrClFN2O2/c1-14(2,3)22-13(21)20-6-4-15(18,5-7-20)12-11(17)8-10(16)9-19-12/h8-9H,4-7H2,1-3H3. The van der Waals surface area contributed by atoms with Crippen molar-refractivity contribution in [2.45, 2.75) is 44.9 Å². The molecule has 1 aliphatic heterocycles. The van der Waals surface area contributed by atoms with Crippen LogP contribution in [0.25, 0.3) is 0 Å². The van der Waals surface area contributed by atoms with E-state index in [4.69, 9.17) is 16.3 Å². The first-order valence-electron chi connectivity index (χ1n) is 7.09. The number of hydrogen-bond acceptors (Lipinski definition) is 3. The summed E-state index contributed by atoms with van der Waals surface area (Å²) in [5.41, 5.74) is -1.94. The number of alkyl halides is 1. The minimum absolute atomic E-state index is 0.153. The van der Waals surface area contributed by atoms with Crippen LogP contribution in [-0.4, -0.2) is 34.7 Å². The Hall–Kier alpha value is -0.880. The van der Waals surface area contributed by atoms with Crippen molar-refractivity contribution in [3.8, 4) is 0 Å². The summed E-state index contributed by atoms with van der Waals surface area (Å²) in [7, 11) is 0. The Morgan fingerprint density at radius 1 is 1.45 bits per heavy atom. The Morgan fingerprint density at radius 3 is 2.55 bits per heavy atom. The number of aromatic nitrogens is 1. The highest BCUT2D eigenvalue weighted by atomic mass is 79.9. The van der Waals surface area contributed by atoms with Crippen LogP contribution < -0.4 is 0 Å². The second-order valence-corrected chi connectivity index (χ2v) is 7.74. The molecule has 0 atom stereocenters. The van der Waals surface area contributed by atoms with E-state index in [1.165, 1.54) is 11.1 Å². The number of nitrogens with zero attached hydrogens (tertiary/aromatic N) is 2. The fraction of sp³-hybridized carbons (Fsp3) is 0.600. The van der Waals surface area contributed by atoms with E-state index in [1.807, 2.05) is 0 Å². The average molecular weight is 394 g/mol. The molecule has 0 bridgehead atoms. The van der Waals surface area contributed by atoms with Crippen molar-refractivity contribution in [2.75, 3.05) is 13.1 Å².